The Morgan fingerprint density at radius 1 is 0.914 bits per heavy atom. The second kappa shape index (κ2) is 11.7. The zero-order valence-corrected chi connectivity index (χ0v) is 20.9. The van der Waals surface area contributed by atoms with Gasteiger partial charge in [0, 0.05) is 23.4 Å². The number of H-pyrrole nitrogens is 1. The third-order valence-corrected chi connectivity index (χ3v) is 6.54. The largest absolute Gasteiger partial charge is 0.308 e. The Balaban J connectivity index is 1.63. The van der Waals surface area contributed by atoms with Crippen LogP contribution in [0.25, 0.3) is 22.5 Å². The minimum atomic E-state index is 0.122. The van der Waals surface area contributed by atoms with E-state index >= 15 is 0 Å². The maximum absolute atomic E-state index is 13.5. The molecule has 2 aromatic heterocycles. The Morgan fingerprint density at radius 2 is 1.66 bits per heavy atom. The number of hydrogen-bond acceptors (Lipinski definition) is 5. The summed E-state index contributed by atoms with van der Waals surface area (Å²) < 4.78 is 1.97. The summed E-state index contributed by atoms with van der Waals surface area (Å²) in [6.45, 7) is 9.57. The van der Waals surface area contributed by atoms with Crippen LogP contribution in [-0.4, -0.2) is 43.2 Å². The molecule has 0 aliphatic heterocycles. The highest BCUT2D eigenvalue weighted by molar-refractivity contribution is 5.80. The van der Waals surface area contributed by atoms with Gasteiger partial charge < -0.3 is 4.57 Å². The van der Waals surface area contributed by atoms with Crippen molar-refractivity contribution >= 4 is 0 Å². The van der Waals surface area contributed by atoms with Gasteiger partial charge in [-0.2, -0.15) is 5.21 Å². The molecule has 0 saturated carbocycles. The smallest absolute Gasteiger partial charge is 0.255 e. The summed E-state index contributed by atoms with van der Waals surface area (Å²) in [4.78, 5) is 15.8. The van der Waals surface area contributed by atoms with Gasteiger partial charge in [0.25, 0.3) is 5.56 Å². The maximum Gasteiger partial charge on any atom is 0.255 e. The minimum absolute atomic E-state index is 0.122. The van der Waals surface area contributed by atoms with Crippen molar-refractivity contribution in [2.24, 2.45) is 0 Å². The molecule has 7 nitrogen and oxygen atoms in total. The monoisotopic (exact) mass is 470 g/mol. The lowest BCUT2D eigenvalue weighted by Gasteiger charge is -2.20. The zero-order chi connectivity index (χ0) is 24.6. The number of aromatic nitrogens is 5. The topological polar surface area (TPSA) is 79.7 Å². The fourth-order valence-corrected chi connectivity index (χ4v) is 4.40. The highest BCUT2D eigenvalue weighted by Crippen LogP contribution is 2.29. The molecule has 35 heavy (non-hydrogen) atoms. The van der Waals surface area contributed by atoms with E-state index in [1.807, 2.05) is 28.8 Å². The molecule has 0 fully saturated rings. The molecule has 0 amide bonds. The van der Waals surface area contributed by atoms with Gasteiger partial charge in [-0.05, 0) is 53.9 Å². The van der Waals surface area contributed by atoms with Crippen molar-refractivity contribution in [3.05, 3.63) is 87.8 Å². The van der Waals surface area contributed by atoms with Crippen LogP contribution in [0.3, 0.4) is 0 Å². The first-order valence-corrected chi connectivity index (χ1v) is 12.5. The molecular weight excluding hydrogens is 436 g/mol. The van der Waals surface area contributed by atoms with Crippen molar-refractivity contribution in [2.45, 2.75) is 53.1 Å². The molecule has 1 N–H and O–H groups in total. The molecule has 4 rings (SSSR count). The number of aryl methyl sites for hydroxylation is 1. The molecule has 0 saturated heterocycles. The summed E-state index contributed by atoms with van der Waals surface area (Å²) in [6, 6.07) is 20.6. The Bertz CT molecular complexity index is 1270. The number of tetrazole rings is 1. The summed E-state index contributed by atoms with van der Waals surface area (Å²) in [5, 5.41) is 14.5. The van der Waals surface area contributed by atoms with E-state index in [9.17, 15) is 4.79 Å². The molecule has 4 aromatic rings. The summed E-state index contributed by atoms with van der Waals surface area (Å²) in [5.41, 5.74) is 6.23. The van der Waals surface area contributed by atoms with Gasteiger partial charge in [-0.3, -0.25) is 9.69 Å². The molecular formula is C28H34N6O. The zero-order valence-electron chi connectivity index (χ0n) is 20.9. The number of nitrogens with one attached hydrogen (secondary N) is 1. The Hall–Kier alpha value is -3.58. The summed E-state index contributed by atoms with van der Waals surface area (Å²) in [5.74, 6) is 0.571. The van der Waals surface area contributed by atoms with Crippen LogP contribution in [0, 0.1) is 0 Å². The maximum atomic E-state index is 13.5. The normalized spacial score (nSPS) is 11.3. The molecule has 2 heterocycles. The quantitative estimate of drug-likeness (QED) is 0.336. The van der Waals surface area contributed by atoms with E-state index in [0.29, 0.717) is 18.9 Å². The molecule has 0 bridgehead atoms. The molecule has 0 aliphatic rings. The molecule has 0 aliphatic carbocycles. The van der Waals surface area contributed by atoms with Crippen LogP contribution < -0.4 is 5.56 Å². The number of unbranched alkanes of at least 4 members (excludes halogenated alkanes) is 1. The van der Waals surface area contributed by atoms with Gasteiger partial charge in [-0.1, -0.05) is 81.8 Å². The summed E-state index contributed by atoms with van der Waals surface area (Å²) in [7, 11) is 0. The SMILES string of the molecule is CCCCc1ccc(CN(CC)CC)c(=O)n1Cc1ccc(-c2ccccc2-c2nn[nH]n2)cc1. The fraction of sp³-hybridized carbons (Fsp3) is 0.357. The molecule has 0 spiro atoms. The average Bonchev–Trinajstić information content (AvgIpc) is 3.44. The molecule has 2 aromatic carbocycles. The van der Waals surface area contributed by atoms with E-state index < -0.39 is 0 Å². The van der Waals surface area contributed by atoms with Crippen molar-refractivity contribution in [3.63, 3.8) is 0 Å². The van der Waals surface area contributed by atoms with Crippen LogP contribution in [0.4, 0.5) is 0 Å². The number of hydrogen-bond donors (Lipinski definition) is 1. The molecule has 0 radical (unpaired) electrons. The Labute approximate surface area is 206 Å². The van der Waals surface area contributed by atoms with Crippen molar-refractivity contribution in [2.75, 3.05) is 13.1 Å². The third kappa shape index (κ3) is 5.74. The van der Waals surface area contributed by atoms with E-state index in [-0.39, 0.29) is 5.56 Å². The summed E-state index contributed by atoms with van der Waals surface area (Å²) in [6.07, 6.45) is 3.08. The number of rotatable bonds is 11. The van der Waals surface area contributed by atoms with E-state index in [4.69, 9.17) is 0 Å². The number of benzene rings is 2. The van der Waals surface area contributed by atoms with Crippen molar-refractivity contribution in [3.8, 4) is 22.5 Å². The number of nitrogens with zero attached hydrogens (tertiary/aromatic N) is 5. The lowest BCUT2D eigenvalue weighted by molar-refractivity contribution is 0.294. The van der Waals surface area contributed by atoms with Gasteiger partial charge in [0.15, 0.2) is 0 Å². The number of pyridine rings is 1. The highest BCUT2D eigenvalue weighted by atomic mass is 16.1. The highest BCUT2D eigenvalue weighted by Gasteiger charge is 2.13. The van der Waals surface area contributed by atoms with Crippen molar-refractivity contribution in [1.82, 2.24) is 30.1 Å². The van der Waals surface area contributed by atoms with Crippen LogP contribution in [0.15, 0.2) is 65.5 Å². The van der Waals surface area contributed by atoms with Crippen LogP contribution in [0.2, 0.25) is 0 Å². The van der Waals surface area contributed by atoms with E-state index in [0.717, 1.165) is 65.9 Å². The Morgan fingerprint density at radius 3 is 2.31 bits per heavy atom. The predicted molar refractivity (Wildman–Crippen MR) is 140 cm³/mol. The first-order valence-electron chi connectivity index (χ1n) is 12.5. The van der Waals surface area contributed by atoms with E-state index in [1.165, 1.54) is 0 Å². The lowest BCUT2D eigenvalue weighted by Crippen LogP contribution is -2.31. The van der Waals surface area contributed by atoms with E-state index in [1.54, 1.807) is 0 Å². The van der Waals surface area contributed by atoms with Crippen LogP contribution >= 0.6 is 0 Å². The van der Waals surface area contributed by atoms with Gasteiger partial charge in [-0.25, -0.2) is 0 Å². The average molecular weight is 471 g/mol. The first kappa shape index (κ1) is 24.5. The second-order valence-corrected chi connectivity index (χ2v) is 8.78. The van der Waals surface area contributed by atoms with Crippen molar-refractivity contribution in [1.29, 1.82) is 0 Å². The van der Waals surface area contributed by atoms with Crippen LogP contribution in [0.5, 0.6) is 0 Å². The van der Waals surface area contributed by atoms with Crippen molar-refractivity contribution < 1.29 is 0 Å². The molecule has 0 atom stereocenters. The third-order valence-electron chi connectivity index (χ3n) is 6.54. The predicted octanol–water partition coefficient (Wildman–Crippen LogP) is 4.93. The van der Waals surface area contributed by atoms with Gasteiger partial charge in [0.1, 0.15) is 0 Å². The fourth-order valence-electron chi connectivity index (χ4n) is 4.40. The van der Waals surface area contributed by atoms with Gasteiger partial charge in [-0.15, -0.1) is 10.2 Å². The molecule has 0 unspecified atom stereocenters. The van der Waals surface area contributed by atoms with E-state index in [2.05, 4.69) is 82.7 Å². The minimum Gasteiger partial charge on any atom is -0.308 e. The lowest BCUT2D eigenvalue weighted by atomic mass is 9.98. The Kier molecular flexibility index (Phi) is 8.21. The first-order chi connectivity index (χ1) is 17.1. The molecule has 182 valence electrons. The molecule has 7 heteroatoms. The van der Waals surface area contributed by atoms with Crippen LogP contribution in [-0.2, 0) is 19.5 Å². The number of aromatic amines is 1. The van der Waals surface area contributed by atoms with Crippen LogP contribution in [0.1, 0.15) is 50.4 Å². The summed E-state index contributed by atoms with van der Waals surface area (Å²) >= 11 is 0. The van der Waals surface area contributed by atoms with Gasteiger partial charge in [0.2, 0.25) is 5.82 Å². The van der Waals surface area contributed by atoms with Gasteiger partial charge >= 0.3 is 0 Å². The standard InChI is InChI=1S/C28H34N6O/c1-4-7-10-24-18-17-23(20-33(5-2)6-3)28(35)34(24)19-21-13-15-22(16-14-21)25-11-8-9-12-26(25)27-29-31-32-30-27/h8-9,11-18H,4-7,10,19-20H2,1-3H3,(H,29,30,31,32). The van der Waals surface area contributed by atoms with Gasteiger partial charge in [0.05, 0.1) is 6.54 Å². The second-order valence-electron chi connectivity index (χ2n) is 8.78.